The van der Waals surface area contributed by atoms with Gasteiger partial charge in [0.25, 0.3) is 0 Å². The summed E-state index contributed by atoms with van der Waals surface area (Å²) < 4.78 is 21.3. The number of carbonyl (C=O) groups is 1. The van der Waals surface area contributed by atoms with Crippen molar-refractivity contribution in [3.05, 3.63) is 72.8 Å². The second-order valence-corrected chi connectivity index (χ2v) is 8.04. The first-order valence-electron chi connectivity index (χ1n) is 12.0. The van der Waals surface area contributed by atoms with Crippen LogP contribution in [0.4, 0.5) is 0 Å². The summed E-state index contributed by atoms with van der Waals surface area (Å²) >= 11 is 0. The van der Waals surface area contributed by atoms with Crippen LogP contribution >= 0.6 is 0 Å². The van der Waals surface area contributed by atoms with Crippen molar-refractivity contribution in [2.45, 2.75) is 19.8 Å². The van der Waals surface area contributed by atoms with Gasteiger partial charge in [-0.2, -0.15) is 0 Å². The van der Waals surface area contributed by atoms with Crippen LogP contribution in [0.15, 0.2) is 72.8 Å². The predicted octanol–water partition coefficient (Wildman–Crippen LogP) is 5.61. The van der Waals surface area contributed by atoms with Crippen molar-refractivity contribution in [3.8, 4) is 51.4 Å². The zero-order chi connectivity index (χ0) is 26.0. The lowest BCUT2D eigenvalue weighted by Crippen LogP contribution is -2.06. The third-order valence-electron chi connectivity index (χ3n) is 5.54. The molecule has 0 atom stereocenters. The normalized spacial score (nSPS) is 10.6. The van der Waals surface area contributed by atoms with E-state index < -0.39 is 0 Å². The van der Waals surface area contributed by atoms with E-state index in [4.69, 9.17) is 33.9 Å². The summed E-state index contributed by atoms with van der Waals surface area (Å²) in [4.78, 5) is 25.7. The molecule has 190 valence electrons. The fourth-order valence-electron chi connectivity index (χ4n) is 3.58. The number of esters is 1. The topological polar surface area (TPSA) is 92.7 Å². The second-order valence-electron chi connectivity index (χ2n) is 8.04. The zero-order valence-corrected chi connectivity index (χ0v) is 21.1. The van der Waals surface area contributed by atoms with E-state index in [0.717, 1.165) is 28.2 Å². The average Bonchev–Trinajstić information content (AvgIpc) is 2.95. The molecule has 0 saturated carbocycles. The van der Waals surface area contributed by atoms with Crippen molar-refractivity contribution in [2.24, 2.45) is 0 Å². The molecule has 1 aromatic heterocycles. The Morgan fingerprint density at radius 1 is 0.649 bits per heavy atom. The maximum atomic E-state index is 11.5. The second kappa shape index (κ2) is 12.5. The third-order valence-corrected chi connectivity index (χ3v) is 5.54. The molecule has 0 radical (unpaired) electrons. The van der Waals surface area contributed by atoms with Gasteiger partial charge in [0.05, 0.1) is 27.4 Å². The third kappa shape index (κ3) is 6.82. The molecule has 0 fully saturated rings. The Labute approximate surface area is 216 Å². The molecule has 1 heterocycles. The average molecular weight is 500 g/mol. The Hall–Kier alpha value is -4.46. The summed E-state index contributed by atoms with van der Waals surface area (Å²) in [5, 5.41) is 0. The van der Waals surface area contributed by atoms with E-state index in [1.54, 1.807) is 21.1 Å². The van der Waals surface area contributed by atoms with Gasteiger partial charge >= 0.3 is 5.97 Å². The predicted molar refractivity (Wildman–Crippen MR) is 141 cm³/mol. The minimum absolute atomic E-state index is 0.211. The molecule has 0 saturated heterocycles. The Morgan fingerprint density at radius 3 is 1.43 bits per heavy atom. The van der Waals surface area contributed by atoms with Gasteiger partial charge in [-0.25, -0.2) is 15.0 Å². The molecule has 0 bridgehead atoms. The molecule has 8 nitrogen and oxygen atoms in total. The molecule has 4 rings (SSSR count). The summed E-state index contributed by atoms with van der Waals surface area (Å²) in [6.07, 6.45) is 0.920. The largest absolute Gasteiger partial charge is 0.497 e. The van der Waals surface area contributed by atoms with Gasteiger partial charge in [0, 0.05) is 23.1 Å². The van der Waals surface area contributed by atoms with Crippen LogP contribution in [-0.4, -0.2) is 48.4 Å². The first-order valence-corrected chi connectivity index (χ1v) is 12.0. The lowest BCUT2D eigenvalue weighted by atomic mass is 10.1. The van der Waals surface area contributed by atoms with E-state index >= 15 is 0 Å². The Kier molecular flexibility index (Phi) is 8.65. The fraction of sp³-hybridized carbons (Fsp3) is 0.241. The monoisotopic (exact) mass is 499 g/mol. The Bertz CT molecular complexity index is 1240. The molecule has 8 heteroatoms. The molecule has 0 N–H and O–H groups in total. The minimum Gasteiger partial charge on any atom is -0.497 e. The quantitative estimate of drug-likeness (QED) is 0.194. The van der Waals surface area contributed by atoms with E-state index in [0.29, 0.717) is 49.3 Å². The molecule has 4 aromatic rings. The molecular formula is C29H29N3O5. The van der Waals surface area contributed by atoms with Gasteiger partial charge in [0.1, 0.15) is 17.2 Å². The summed E-state index contributed by atoms with van der Waals surface area (Å²) in [6, 6.07) is 22.7. The van der Waals surface area contributed by atoms with Crippen molar-refractivity contribution >= 4 is 5.97 Å². The van der Waals surface area contributed by atoms with Crippen molar-refractivity contribution in [1.82, 2.24) is 15.0 Å². The fourth-order valence-corrected chi connectivity index (χ4v) is 3.58. The maximum absolute atomic E-state index is 11.5. The van der Waals surface area contributed by atoms with Crippen LogP contribution < -0.4 is 14.2 Å². The lowest BCUT2D eigenvalue weighted by Gasteiger charge is -2.10. The molecule has 0 spiro atoms. The molecule has 0 aliphatic rings. The number of hydrogen-bond donors (Lipinski definition) is 0. The zero-order valence-electron chi connectivity index (χ0n) is 21.1. The van der Waals surface area contributed by atoms with Gasteiger partial charge in [-0.1, -0.05) is 0 Å². The SMILES string of the molecule is CCOC(=O)CCCOc1ccc(-c2nc(-c3ccc(OC)cc3)nc(-c3ccc(OC)cc3)n2)cc1. The number of benzene rings is 3. The number of carbonyl (C=O) groups excluding carboxylic acids is 1. The number of nitrogens with zero attached hydrogens (tertiary/aromatic N) is 3. The highest BCUT2D eigenvalue weighted by Crippen LogP contribution is 2.27. The summed E-state index contributed by atoms with van der Waals surface area (Å²) in [5.74, 6) is 3.65. The Morgan fingerprint density at radius 2 is 1.05 bits per heavy atom. The summed E-state index contributed by atoms with van der Waals surface area (Å²) in [6.45, 7) is 2.61. The van der Waals surface area contributed by atoms with Crippen molar-refractivity contribution in [1.29, 1.82) is 0 Å². The number of methoxy groups -OCH3 is 2. The standard InChI is InChI=1S/C29H29N3O5/c1-4-36-26(33)6-5-19-37-25-17-11-22(12-18-25)29-31-27(20-7-13-23(34-2)14-8-20)30-28(32-29)21-9-15-24(35-3)16-10-21/h7-18H,4-6,19H2,1-3H3. The van der Waals surface area contributed by atoms with Crippen LogP contribution in [0.1, 0.15) is 19.8 Å². The highest BCUT2D eigenvalue weighted by atomic mass is 16.5. The van der Waals surface area contributed by atoms with Gasteiger partial charge in [-0.05, 0) is 86.1 Å². The highest BCUT2D eigenvalue weighted by Gasteiger charge is 2.13. The van der Waals surface area contributed by atoms with Crippen molar-refractivity contribution in [3.63, 3.8) is 0 Å². The molecular weight excluding hydrogens is 470 g/mol. The molecule has 0 aliphatic carbocycles. The lowest BCUT2D eigenvalue weighted by molar-refractivity contribution is -0.143. The van der Waals surface area contributed by atoms with Gasteiger partial charge in [0.2, 0.25) is 0 Å². The van der Waals surface area contributed by atoms with Gasteiger partial charge in [-0.3, -0.25) is 4.79 Å². The van der Waals surface area contributed by atoms with E-state index in [9.17, 15) is 4.79 Å². The van der Waals surface area contributed by atoms with Crippen LogP contribution in [0.3, 0.4) is 0 Å². The van der Waals surface area contributed by atoms with E-state index in [2.05, 4.69) is 0 Å². The van der Waals surface area contributed by atoms with Crippen LogP contribution in [-0.2, 0) is 9.53 Å². The van der Waals surface area contributed by atoms with Crippen molar-refractivity contribution < 1.29 is 23.7 Å². The van der Waals surface area contributed by atoms with Crippen LogP contribution in [0, 0.1) is 0 Å². The molecule has 0 unspecified atom stereocenters. The van der Waals surface area contributed by atoms with Crippen molar-refractivity contribution in [2.75, 3.05) is 27.4 Å². The van der Waals surface area contributed by atoms with E-state index in [1.807, 2.05) is 72.8 Å². The molecule has 0 aliphatic heterocycles. The van der Waals surface area contributed by atoms with Crippen LogP contribution in [0.25, 0.3) is 34.2 Å². The minimum atomic E-state index is -0.211. The van der Waals surface area contributed by atoms with Crippen LogP contribution in [0.2, 0.25) is 0 Å². The summed E-state index contributed by atoms with van der Waals surface area (Å²) in [7, 11) is 3.26. The number of aromatic nitrogens is 3. The first-order chi connectivity index (χ1) is 18.1. The number of rotatable bonds is 11. The molecule has 0 amide bonds. The van der Waals surface area contributed by atoms with Crippen LogP contribution in [0.5, 0.6) is 17.2 Å². The van der Waals surface area contributed by atoms with E-state index in [-0.39, 0.29) is 5.97 Å². The van der Waals surface area contributed by atoms with Gasteiger partial charge in [0.15, 0.2) is 17.5 Å². The molecule has 3 aromatic carbocycles. The van der Waals surface area contributed by atoms with Gasteiger partial charge in [-0.15, -0.1) is 0 Å². The summed E-state index contributed by atoms with van der Waals surface area (Å²) in [5.41, 5.74) is 2.52. The number of hydrogen-bond acceptors (Lipinski definition) is 8. The molecule has 37 heavy (non-hydrogen) atoms. The Balaban J connectivity index is 1.59. The number of ether oxygens (including phenoxy) is 4. The maximum Gasteiger partial charge on any atom is 0.305 e. The van der Waals surface area contributed by atoms with E-state index in [1.165, 1.54) is 0 Å². The van der Waals surface area contributed by atoms with Gasteiger partial charge < -0.3 is 18.9 Å². The highest BCUT2D eigenvalue weighted by molar-refractivity contribution is 5.69. The smallest absolute Gasteiger partial charge is 0.305 e. The first kappa shape index (κ1) is 25.6.